The fourth-order valence-corrected chi connectivity index (χ4v) is 7.32. The quantitative estimate of drug-likeness (QED) is 0.117. The van der Waals surface area contributed by atoms with Gasteiger partial charge in [-0.05, 0) is 126 Å². The van der Waals surface area contributed by atoms with Gasteiger partial charge >= 0.3 is 5.97 Å². The number of carboxylic acid groups (broad SMARTS) is 1. The van der Waals surface area contributed by atoms with Crippen LogP contribution in [-0.2, 0) is 22.4 Å². The van der Waals surface area contributed by atoms with Crippen molar-refractivity contribution in [2.24, 2.45) is 17.2 Å². The van der Waals surface area contributed by atoms with Gasteiger partial charge in [-0.1, -0.05) is 60.7 Å². The van der Waals surface area contributed by atoms with Gasteiger partial charge in [0.05, 0.1) is 0 Å². The van der Waals surface area contributed by atoms with Gasteiger partial charge in [-0.2, -0.15) is 0 Å². The summed E-state index contributed by atoms with van der Waals surface area (Å²) >= 11 is 0. The van der Waals surface area contributed by atoms with Crippen molar-refractivity contribution < 1.29 is 24.3 Å². The molecule has 3 amide bonds. The van der Waals surface area contributed by atoms with Crippen molar-refractivity contribution in [1.82, 2.24) is 15.1 Å². The summed E-state index contributed by atoms with van der Waals surface area (Å²) in [6, 6.07) is 34.6. The van der Waals surface area contributed by atoms with E-state index in [1.807, 2.05) is 106 Å². The lowest BCUT2D eigenvalue weighted by Gasteiger charge is -2.28. The highest BCUT2D eigenvalue weighted by atomic mass is 16.4. The van der Waals surface area contributed by atoms with E-state index >= 15 is 0 Å². The third-order valence-electron chi connectivity index (χ3n) is 10.9. The second-order valence-corrected chi connectivity index (χ2v) is 15.5. The summed E-state index contributed by atoms with van der Waals surface area (Å²) in [5.41, 5.74) is 21.6. The van der Waals surface area contributed by atoms with Gasteiger partial charge in [-0.25, -0.2) is 4.79 Å². The Kier molecular flexibility index (Phi) is 17.9. The molecule has 2 saturated heterocycles. The van der Waals surface area contributed by atoms with E-state index in [1.54, 1.807) is 24.3 Å². The normalized spacial score (nSPS) is 17.0. The number of nitrogens with one attached hydrogen (secondary N) is 1. The number of anilines is 2. The maximum atomic E-state index is 12.9. The van der Waals surface area contributed by atoms with Crippen molar-refractivity contribution in [3.63, 3.8) is 0 Å². The van der Waals surface area contributed by atoms with Gasteiger partial charge in [-0.3, -0.25) is 14.4 Å². The summed E-state index contributed by atoms with van der Waals surface area (Å²) in [7, 11) is 8.05. The molecule has 13 heteroatoms. The van der Waals surface area contributed by atoms with Gasteiger partial charge in [0.2, 0.25) is 17.7 Å². The van der Waals surface area contributed by atoms with Crippen molar-refractivity contribution >= 4 is 35.1 Å². The summed E-state index contributed by atoms with van der Waals surface area (Å²) < 4.78 is 0. The number of rotatable bonds is 15. The van der Waals surface area contributed by atoms with E-state index in [-0.39, 0.29) is 24.0 Å². The first kappa shape index (κ1) is 45.9. The Morgan fingerprint density at radius 3 is 1.44 bits per heavy atom. The molecular formula is C46H62N8O5. The second-order valence-electron chi connectivity index (χ2n) is 15.5. The Morgan fingerprint density at radius 1 is 0.644 bits per heavy atom. The third kappa shape index (κ3) is 13.9. The molecule has 4 aromatic rings. The minimum Gasteiger partial charge on any atom is -0.480 e. The molecule has 59 heavy (non-hydrogen) atoms. The van der Waals surface area contributed by atoms with E-state index in [0.717, 1.165) is 74.1 Å². The number of hydrogen-bond donors (Lipinski definition) is 5. The number of nitrogens with zero attached hydrogens (tertiary/aromatic N) is 4. The van der Waals surface area contributed by atoms with Crippen molar-refractivity contribution in [3.05, 3.63) is 131 Å². The van der Waals surface area contributed by atoms with Gasteiger partial charge in [0.15, 0.2) is 0 Å². The predicted octanol–water partition coefficient (Wildman–Crippen LogP) is 4.00. The molecule has 2 aliphatic heterocycles. The number of para-hydroxylation sites is 2. The maximum absolute atomic E-state index is 12.9. The van der Waals surface area contributed by atoms with Crippen LogP contribution < -0.4 is 32.3 Å². The lowest BCUT2D eigenvalue weighted by molar-refractivity contribution is -0.138. The summed E-state index contributed by atoms with van der Waals surface area (Å²) in [5, 5.41) is 12.2. The van der Waals surface area contributed by atoms with Crippen LogP contribution >= 0.6 is 0 Å². The summed E-state index contributed by atoms with van der Waals surface area (Å²) in [6.07, 6.45) is 5.27. The fourth-order valence-electron chi connectivity index (χ4n) is 7.32. The molecule has 2 heterocycles. The molecule has 0 aliphatic carbocycles. The number of primary amides is 2. The van der Waals surface area contributed by atoms with Crippen LogP contribution in [0.15, 0.2) is 109 Å². The zero-order valence-corrected chi connectivity index (χ0v) is 34.9. The Morgan fingerprint density at radius 2 is 1.05 bits per heavy atom. The largest absolute Gasteiger partial charge is 0.480 e. The first-order chi connectivity index (χ1) is 28.3. The fraction of sp³-hybridized carbons (Fsp3) is 0.391. The van der Waals surface area contributed by atoms with Crippen LogP contribution in [0.3, 0.4) is 0 Å². The van der Waals surface area contributed by atoms with E-state index in [1.165, 1.54) is 0 Å². The summed E-state index contributed by atoms with van der Waals surface area (Å²) in [6.45, 7) is 2.94. The van der Waals surface area contributed by atoms with E-state index in [0.29, 0.717) is 30.3 Å². The van der Waals surface area contributed by atoms with E-state index in [2.05, 4.69) is 32.1 Å². The summed E-state index contributed by atoms with van der Waals surface area (Å²) in [4.78, 5) is 54.4. The predicted molar refractivity (Wildman–Crippen MR) is 236 cm³/mol. The molecule has 0 radical (unpaired) electrons. The molecule has 0 spiro atoms. The number of carboxylic acids is 1. The van der Waals surface area contributed by atoms with E-state index in [4.69, 9.17) is 22.3 Å². The standard InChI is InChI=1S/C23H30N4O2.C12H19N3O.C11H13NO2/c1-26(2)20(15-17-10-12-18(13-11-17)22(24)28)16-25-23(29)21-9-6-14-27(21)19-7-4-3-5-8-19;1-15(2)11(8-13)7-9-3-5-10(6-4-9)12(14)16;13-11(14)10-7-4-8-12(10)9-5-2-1-3-6-9/h3-5,7-8,10-13,20-21H,6,9,14-16H2,1-2H3,(H2,24,28)(H,25,29);3-6,11H,7-8,13H2,1-2H3,(H2,14,16);1-3,5-6,10H,4,7-8H2,(H,13,14)/t20-,21+;11-;10-/m001/s1. The number of aliphatic carboxylic acids is 1. The molecule has 316 valence electrons. The van der Waals surface area contributed by atoms with Crippen LogP contribution in [0.2, 0.25) is 0 Å². The first-order valence-corrected chi connectivity index (χ1v) is 20.2. The smallest absolute Gasteiger partial charge is 0.326 e. The van der Waals surface area contributed by atoms with Crippen LogP contribution in [0.1, 0.15) is 57.5 Å². The van der Waals surface area contributed by atoms with Gasteiger partial charge in [-0.15, -0.1) is 0 Å². The highest BCUT2D eigenvalue weighted by Crippen LogP contribution is 2.26. The minimum absolute atomic E-state index is 0.0854. The number of hydrogen-bond acceptors (Lipinski definition) is 9. The van der Waals surface area contributed by atoms with Crippen LogP contribution in [0.4, 0.5) is 11.4 Å². The van der Waals surface area contributed by atoms with E-state index < -0.39 is 17.8 Å². The molecule has 0 bridgehead atoms. The molecule has 6 rings (SSSR count). The van der Waals surface area contributed by atoms with Gasteiger partial charge in [0, 0.05) is 60.8 Å². The number of amides is 3. The zero-order chi connectivity index (χ0) is 42.9. The molecule has 2 aliphatic rings. The van der Waals surface area contributed by atoms with Crippen LogP contribution in [-0.4, -0.2) is 117 Å². The van der Waals surface area contributed by atoms with Crippen LogP contribution in [0.5, 0.6) is 0 Å². The molecule has 8 N–H and O–H groups in total. The molecule has 0 unspecified atom stereocenters. The van der Waals surface area contributed by atoms with Crippen LogP contribution in [0.25, 0.3) is 0 Å². The molecule has 13 nitrogen and oxygen atoms in total. The number of carbonyl (C=O) groups excluding carboxylic acids is 3. The van der Waals surface area contributed by atoms with Crippen molar-refractivity contribution in [3.8, 4) is 0 Å². The zero-order valence-electron chi connectivity index (χ0n) is 34.9. The lowest BCUT2D eigenvalue weighted by Crippen LogP contribution is -2.48. The molecular weight excluding hydrogens is 745 g/mol. The molecule has 2 fully saturated rings. The molecule has 4 atom stereocenters. The Hall–Kier alpha value is -5.76. The first-order valence-electron chi connectivity index (χ1n) is 20.2. The van der Waals surface area contributed by atoms with Gasteiger partial charge in [0.1, 0.15) is 12.1 Å². The number of carbonyl (C=O) groups is 4. The van der Waals surface area contributed by atoms with Gasteiger partial charge < -0.3 is 47.2 Å². The molecule has 0 aromatic heterocycles. The Bertz CT molecular complexity index is 1910. The monoisotopic (exact) mass is 806 g/mol. The van der Waals surface area contributed by atoms with Gasteiger partial charge in [0.25, 0.3) is 0 Å². The average molecular weight is 807 g/mol. The molecule has 4 aromatic carbocycles. The van der Waals surface area contributed by atoms with Crippen molar-refractivity contribution in [2.75, 3.05) is 64.2 Å². The lowest BCUT2D eigenvalue weighted by atomic mass is 10.0. The average Bonchev–Trinajstić information content (AvgIpc) is 3.94. The van der Waals surface area contributed by atoms with Crippen molar-refractivity contribution in [2.45, 2.75) is 62.7 Å². The highest BCUT2D eigenvalue weighted by molar-refractivity contribution is 5.93. The number of benzene rings is 4. The van der Waals surface area contributed by atoms with E-state index in [9.17, 15) is 19.2 Å². The molecule has 0 saturated carbocycles. The third-order valence-corrected chi connectivity index (χ3v) is 10.9. The number of likely N-dealkylation sites (N-methyl/N-ethyl adjacent to an activating group) is 2. The summed E-state index contributed by atoms with van der Waals surface area (Å²) in [5.74, 6) is -1.45. The van der Waals surface area contributed by atoms with Crippen LogP contribution in [0, 0.1) is 0 Å². The second kappa shape index (κ2) is 23.0. The highest BCUT2D eigenvalue weighted by Gasteiger charge is 2.32. The minimum atomic E-state index is -0.716. The Labute approximate surface area is 349 Å². The van der Waals surface area contributed by atoms with Crippen molar-refractivity contribution in [1.29, 1.82) is 0 Å². The Balaban J connectivity index is 0.000000216. The SMILES string of the molecule is CN(C)[C@H](CN)Cc1ccc(C(N)=O)cc1.CN(C)[C@H](CNC(=O)[C@H]1CCCN1c1ccccc1)Cc1ccc(C(N)=O)cc1.O=C(O)[C@H]1CCCN1c1ccccc1. The maximum Gasteiger partial charge on any atom is 0.326 e. The topological polar surface area (TPSA) is 192 Å². The number of nitrogens with two attached hydrogens (primary N) is 3.